The molecule has 1 aliphatic rings. The molecule has 1 aromatic heterocycles. The molecule has 9 heteroatoms. The number of aromatic hydroxyl groups is 1. The van der Waals surface area contributed by atoms with Crippen LogP contribution in [0.15, 0.2) is 36.4 Å². The van der Waals surface area contributed by atoms with Crippen LogP contribution in [-0.2, 0) is 13.1 Å². The van der Waals surface area contributed by atoms with Crippen molar-refractivity contribution in [1.29, 1.82) is 0 Å². The number of nitrogens with one attached hydrogen (secondary N) is 1. The summed E-state index contributed by atoms with van der Waals surface area (Å²) in [5, 5.41) is 25.0. The number of fused-ring (bicyclic) bond motifs is 1. The molecule has 1 aliphatic heterocycles. The minimum atomic E-state index is -1.09. The molecule has 0 radical (unpaired) electrons. The fourth-order valence-corrected chi connectivity index (χ4v) is 5.33. The van der Waals surface area contributed by atoms with Gasteiger partial charge in [0.15, 0.2) is 5.78 Å². The third kappa shape index (κ3) is 5.30. The number of phenols is 1. The van der Waals surface area contributed by atoms with Crippen LogP contribution in [0, 0.1) is 0 Å². The van der Waals surface area contributed by atoms with Crippen LogP contribution in [-0.4, -0.2) is 65.0 Å². The number of hydrogen-bond donors (Lipinski definition) is 3. The molecule has 3 N–H and O–H groups in total. The van der Waals surface area contributed by atoms with E-state index in [4.69, 9.17) is 0 Å². The largest absolute Gasteiger partial charge is 0.508 e. The summed E-state index contributed by atoms with van der Waals surface area (Å²) < 4.78 is 0.655. The smallest absolute Gasteiger partial charge is 0.339 e. The first kappa shape index (κ1) is 25.0. The Hall–Kier alpha value is -2.65. The highest BCUT2D eigenvalue weighted by atomic mass is 35.5. The van der Waals surface area contributed by atoms with Gasteiger partial charge in [-0.15, -0.1) is 23.7 Å². The number of hydrogen-bond acceptors (Lipinski definition) is 7. The van der Waals surface area contributed by atoms with Crippen LogP contribution in [0.2, 0.25) is 0 Å². The number of carbonyl (C=O) groups is 2. The van der Waals surface area contributed by atoms with Crippen molar-refractivity contribution in [2.75, 3.05) is 38.5 Å². The number of phenolic OH excluding ortho intramolecular Hbond substituents is 1. The van der Waals surface area contributed by atoms with Gasteiger partial charge < -0.3 is 20.4 Å². The lowest BCUT2D eigenvalue weighted by Gasteiger charge is -2.32. The zero-order valence-electron chi connectivity index (χ0n) is 18.6. The molecular formula is C24H28ClN3O4S. The van der Waals surface area contributed by atoms with Gasteiger partial charge in [0.2, 0.25) is 0 Å². The normalized spacial score (nSPS) is 14.7. The third-order valence-electron chi connectivity index (χ3n) is 5.91. The number of rotatable bonds is 7. The van der Waals surface area contributed by atoms with E-state index in [2.05, 4.69) is 22.2 Å². The number of aromatic carboxylic acids is 1. The molecule has 2 heterocycles. The molecule has 176 valence electrons. The highest BCUT2D eigenvalue weighted by molar-refractivity contribution is 7.23. The maximum absolute atomic E-state index is 12.4. The van der Waals surface area contributed by atoms with Crippen molar-refractivity contribution in [2.24, 2.45) is 0 Å². The average molecular weight is 490 g/mol. The van der Waals surface area contributed by atoms with Crippen LogP contribution < -0.4 is 5.32 Å². The predicted octanol–water partition coefficient (Wildman–Crippen LogP) is 4.29. The van der Waals surface area contributed by atoms with E-state index in [0.29, 0.717) is 33.7 Å². The number of nitrogens with zero attached hydrogens (tertiary/aromatic N) is 2. The molecule has 0 unspecified atom stereocenters. The summed E-state index contributed by atoms with van der Waals surface area (Å²) in [6, 6.07) is 11.1. The van der Waals surface area contributed by atoms with Gasteiger partial charge in [-0.05, 0) is 25.6 Å². The van der Waals surface area contributed by atoms with E-state index in [1.165, 1.54) is 24.3 Å². The van der Waals surface area contributed by atoms with E-state index < -0.39 is 5.97 Å². The summed E-state index contributed by atoms with van der Waals surface area (Å²) in [6.07, 6.45) is 0. The minimum Gasteiger partial charge on any atom is -0.508 e. The van der Waals surface area contributed by atoms with Crippen molar-refractivity contribution in [1.82, 2.24) is 9.80 Å². The van der Waals surface area contributed by atoms with E-state index in [1.54, 1.807) is 0 Å². The molecule has 4 rings (SSSR count). The van der Waals surface area contributed by atoms with Gasteiger partial charge in [-0.1, -0.05) is 30.3 Å². The number of carboxylic acids is 1. The maximum atomic E-state index is 12.4. The first-order valence-corrected chi connectivity index (χ1v) is 11.4. The van der Waals surface area contributed by atoms with Gasteiger partial charge in [0.1, 0.15) is 16.3 Å². The van der Waals surface area contributed by atoms with Crippen molar-refractivity contribution in [3.63, 3.8) is 0 Å². The molecule has 0 spiro atoms. The number of piperazine rings is 1. The van der Waals surface area contributed by atoms with Crippen LogP contribution in [0.4, 0.5) is 5.00 Å². The number of Topliss-reactive ketones (excluding diaryl/α,β-unsaturated/α-hetero) is 1. The zero-order valence-corrected chi connectivity index (χ0v) is 20.3. The topological polar surface area (TPSA) is 93.1 Å². The number of halogens is 1. The molecule has 33 heavy (non-hydrogen) atoms. The van der Waals surface area contributed by atoms with Crippen molar-refractivity contribution < 1.29 is 19.8 Å². The van der Waals surface area contributed by atoms with Crippen LogP contribution in [0.1, 0.15) is 38.8 Å². The molecule has 0 amide bonds. The quantitative estimate of drug-likeness (QED) is 0.426. The molecule has 1 saturated heterocycles. The molecule has 0 saturated carbocycles. The van der Waals surface area contributed by atoms with Gasteiger partial charge in [0, 0.05) is 60.5 Å². The monoisotopic (exact) mass is 489 g/mol. The lowest BCUT2D eigenvalue weighted by atomic mass is 9.98. The first-order valence-electron chi connectivity index (χ1n) is 10.6. The molecular weight excluding hydrogens is 462 g/mol. The average Bonchev–Trinajstić information content (AvgIpc) is 3.15. The molecule has 7 nitrogen and oxygen atoms in total. The van der Waals surface area contributed by atoms with Crippen LogP contribution in [0.5, 0.6) is 5.75 Å². The standard InChI is InChI=1S/C24H27N3O4S.ClH/c1-15(28)17-12-19(29)18(14-27-10-8-26(2)9-11-27)22-20(17)21(24(30)31)23(32-22)25-13-16-6-4-3-5-7-16;/h3-7,12,25,29H,8-11,13-14H2,1-2H3,(H,30,31);1H. The fraction of sp³-hybridized carbons (Fsp3) is 0.333. The zero-order chi connectivity index (χ0) is 22.8. The number of ketones is 1. The lowest BCUT2D eigenvalue weighted by Crippen LogP contribution is -2.43. The summed E-state index contributed by atoms with van der Waals surface area (Å²) in [5.74, 6) is -1.33. The Bertz CT molecular complexity index is 1160. The van der Waals surface area contributed by atoms with Crippen molar-refractivity contribution in [3.05, 3.63) is 58.7 Å². The van der Waals surface area contributed by atoms with Gasteiger partial charge in [0.25, 0.3) is 0 Å². The second-order valence-electron chi connectivity index (χ2n) is 8.21. The van der Waals surface area contributed by atoms with E-state index in [0.717, 1.165) is 31.7 Å². The highest BCUT2D eigenvalue weighted by Gasteiger charge is 2.27. The Balaban J connectivity index is 0.00000306. The van der Waals surface area contributed by atoms with E-state index in [1.807, 2.05) is 30.3 Å². The summed E-state index contributed by atoms with van der Waals surface area (Å²) in [7, 11) is 2.08. The van der Waals surface area contributed by atoms with E-state index >= 15 is 0 Å². The van der Waals surface area contributed by atoms with Crippen LogP contribution in [0.25, 0.3) is 10.1 Å². The second-order valence-corrected chi connectivity index (χ2v) is 9.23. The summed E-state index contributed by atoms with van der Waals surface area (Å²) in [6.45, 7) is 5.96. The fourth-order valence-electron chi connectivity index (χ4n) is 4.08. The second kappa shape index (κ2) is 10.5. The van der Waals surface area contributed by atoms with Crippen molar-refractivity contribution in [2.45, 2.75) is 20.0 Å². The Kier molecular flexibility index (Phi) is 7.97. The van der Waals surface area contributed by atoms with Gasteiger partial charge >= 0.3 is 5.97 Å². The lowest BCUT2D eigenvalue weighted by molar-refractivity contribution is 0.0700. The molecule has 0 bridgehead atoms. The number of carbonyl (C=O) groups excluding carboxylic acids is 1. The van der Waals surface area contributed by atoms with E-state index in [9.17, 15) is 19.8 Å². The molecule has 3 aromatic rings. The molecule has 1 fully saturated rings. The van der Waals surface area contributed by atoms with Crippen molar-refractivity contribution >= 4 is 50.6 Å². The minimum absolute atomic E-state index is 0. The van der Waals surface area contributed by atoms with Gasteiger partial charge in [-0.25, -0.2) is 4.79 Å². The SMILES string of the molecule is CC(=O)c1cc(O)c(CN2CCN(C)CC2)c2sc(NCc3ccccc3)c(C(=O)O)c12.Cl. The van der Waals surface area contributed by atoms with Crippen LogP contribution in [0.3, 0.4) is 0 Å². The van der Waals surface area contributed by atoms with Gasteiger partial charge in [-0.2, -0.15) is 0 Å². The molecule has 2 aromatic carbocycles. The van der Waals surface area contributed by atoms with Gasteiger partial charge in [0.05, 0.1) is 0 Å². The first-order chi connectivity index (χ1) is 15.3. The third-order valence-corrected chi connectivity index (χ3v) is 7.12. The Morgan fingerprint density at radius 3 is 2.39 bits per heavy atom. The number of thiophene rings is 1. The molecule has 0 aliphatic carbocycles. The number of anilines is 1. The maximum Gasteiger partial charge on any atom is 0.339 e. The Labute approximate surface area is 203 Å². The summed E-state index contributed by atoms with van der Waals surface area (Å²) >= 11 is 1.29. The highest BCUT2D eigenvalue weighted by Crippen LogP contribution is 2.43. The van der Waals surface area contributed by atoms with E-state index in [-0.39, 0.29) is 35.1 Å². The predicted molar refractivity (Wildman–Crippen MR) is 134 cm³/mol. The molecule has 0 atom stereocenters. The Morgan fingerprint density at radius 2 is 1.79 bits per heavy atom. The summed E-state index contributed by atoms with van der Waals surface area (Å²) in [4.78, 5) is 29.2. The Morgan fingerprint density at radius 1 is 1.12 bits per heavy atom. The number of benzene rings is 2. The number of likely N-dealkylation sites (N-methyl/N-ethyl adjacent to an activating group) is 1. The van der Waals surface area contributed by atoms with Crippen LogP contribution >= 0.6 is 23.7 Å². The number of carboxylic acid groups (broad SMARTS) is 1. The summed E-state index contributed by atoms with van der Waals surface area (Å²) in [5.41, 5.74) is 2.02. The van der Waals surface area contributed by atoms with Gasteiger partial charge in [-0.3, -0.25) is 9.69 Å². The van der Waals surface area contributed by atoms with Crippen molar-refractivity contribution in [3.8, 4) is 5.75 Å².